The molecule has 8 heteroatoms. The number of halogens is 1. The van der Waals surface area contributed by atoms with Crippen molar-refractivity contribution in [2.75, 3.05) is 0 Å². The lowest BCUT2D eigenvalue weighted by atomic mass is 10.1. The summed E-state index contributed by atoms with van der Waals surface area (Å²) in [5, 5.41) is 14.6. The van der Waals surface area contributed by atoms with Gasteiger partial charge in [-0.1, -0.05) is 11.6 Å². The number of carboxylic acids is 1. The number of carbonyl (C=O) groups is 2. The van der Waals surface area contributed by atoms with Crippen molar-refractivity contribution in [3.8, 4) is 5.69 Å². The molecule has 0 aliphatic carbocycles. The average Bonchev–Trinajstić information content (AvgIpc) is 3.28. The Morgan fingerprint density at radius 2 is 1.88 bits per heavy atom. The van der Waals surface area contributed by atoms with Crippen molar-refractivity contribution >= 4 is 40.7 Å². The molecule has 7 nitrogen and oxygen atoms in total. The zero-order chi connectivity index (χ0) is 23.0. The first-order valence-corrected chi connectivity index (χ1v) is 10.2. The van der Waals surface area contributed by atoms with Gasteiger partial charge in [-0.05, 0) is 74.9 Å². The predicted molar refractivity (Wildman–Crippen MR) is 123 cm³/mol. The van der Waals surface area contributed by atoms with Gasteiger partial charge in [0.25, 0.3) is 0 Å². The van der Waals surface area contributed by atoms with Crippen LogP contribution in [0, 0.1) is 20.8 Å². The Labute approximate surface area is 188 Å². The van der Waals surface area contributed by atoms with Crippen LogP contribution >= 0.6 is 11.6 Å². The van der Waals surface area contributed by atoms with Crippen LogP contribution in [0.15, 0.2) is 58.0 Å². The van der Waals surface area contributed by atoms with Crippen molar-refractivity contribution in [2.24, 2.45) is 5.10 Å². The fourth-order valence-corrected chi connectivity index (χ4v) is 3.85. The highest BCUT2D eigenvalue weighted by Crippen LogP contribution is 2.24. The van der Waals surface area contributed by atoms with E-state index in [0.29, 0.717) is 10.6 Å². The molecular weight excluding hydrogens is 430 g/mol. The van der Waals surface area contributed by atoms with Gasteiger partial charge in [0, 0.05) is 33.0 Å². The Morgan fingerprint density at radius 1 is 1.09 bits per heavy atom. The van der Waals surface area contributed by atoms with E-state index in [1.165, 1.54) is 0 Å². The number of hydrogen-bond donors (Lipinski definition) is 2. The first-order valence-electron chi connectivity index (χ1n) is 9.80. The lowest BCUT2D eigenvalue weighted by Gasteiger charge is -2.13. The van der Waals surface area contributed by atoms with Crippen molar-refractivity contribution in [3.63, 3.8) is 0 Å². The predicted octanol–water partition coefficient (Wildman–Crippen LogP) is 5.26. The maximum Gasteiger partial charge on any atom is 0.335 e. The fourth-order valence-electron chi connectivity index (χ4n) is 3.67. The van der Waals surface area contributed by atoms with Gasteiger partial charge in [-0.15, -0.1) is 0 Å². The van der Waals surface area contributed by atoms with Crippen LogP contribution in [-0.2, 0) is 0 Å². The number of nitrogens with zero attached hydrogens (tertiary/aromatic N) is 2. The standard InChI is InChI=1S/C24H20ClN3O4/c1-13-8-16(24(30)31)4-6-20(13)28-14(2)9-18(15(28)3)12-26-27-23(29)22-11-17-10-19(25)5-7-21(17)32-22/h4-12H,1-3H3,(H,27,29)(H,30,31)/b26-12+. The van der Waals surface area contributed by atoms with Crippen molar-refractivity contribution in [1.29, 1.82) is 0 Å². The molecule has 2 N–H and O–H groups in total. The number of hydrazone groups is 1. The number of furan rings is 1. The second-order valence-electron chi connectivity index (χ2n) is 7.46. The lowest BCUT2D eigenvalue weighted by Crippen LogP contribution is -2.16. The van der Waals surface area contributed by atoms with Gasteiger partial charge in [0.1, 0.15) is 5.58 Å². The van der Waals surface area contributed by atoms with Crippen molar-refractivity contribution in [2.45, 2.75) is 20.8 Å². The molecule has 0 radical (unpaired) electrons. The molecule has 1 amide bonds. The Bertz CT molecular complexity index is 1400. The number of aromatic nitrogens is 1. The lowest BCUT2D eigenvalue weighted by molar-refractivity contribution is 0.0696. The summed E-state index contributed by atoms with van der Waals surface area (Å²) in [6.45, 7) is 5.76. The Kier molecular flexibility index (Phi) is 5.59. The highest BCUT2D eigenvalue weighted by molar-refractivity contribution is 6.31. The summed E-state index contributed by atoms with van der Waals surface area (Å²) in [5.74, 6) is -1.29. The Hall–Kier alpha value is -3.84. The molecule has 0 aliphatic rings. The van der Waals surface area contributed by atoms with E-state index in [9.17, 15) is 14.7 Å². The molecule has 0 saturated carbocycles. The van der Waals surface area contributed by atoms with Crippen LogP contribution in [-0.4, -0.2) is 27.8 Å². The van der Waals surface area contributed by atoms with E-state index >= 15 is 0 Å². The molecule has 0 bridgehead atoms. The molecule has 0 unspecified atom stereocenters. The van der Waals surface area contributed by atoms with E-state index in [-0.39, 0.29) is 11.3 Å². The van der Waals surface area contributed by atoms with Gasteiger partial charge < -0.3 is 14.1 Å². The summed E-state index contributed by atoms with van der Waals surface area (Å²) < 4.78 is 7.56. The minimum atomic E-state index is -0.961. The van der Waals surface area contributed by atoms with Crippen LogP contribution < -0.4 is 5.43 Å². The molecule has 32 heavy (non-hydrogen) atoms. The second-order valence-corrected chi connectivity index (χ2v) is 7.90. The summed E-state index contributed by atoms with van der Waals surface area (Å²) in [6, 6.07) is 13.7. The number of carboxylic acid groups (broad SMARTS) is 1. The number of nitrogens with one attached hydrogen (secondary N) is 1. The largest absolute Gasteiger partial charge is 0.478 e. The van der Waals surface area contributed by atoms with Crippen LogP contribution in [0.5, 0.6) is 0 Å². The van der Waals surface area contributed by atoms with E-state index in [2.05, 4.69) is 10.5 Å². The first kappa shape index (κ1) is 21.4. The molecule has 0 fully saturated rings. The Balaban J connectivity index is 1.55. The normalized spacial score (nSPS) is 11.4. The minimum Gasteiger partial charge on any atom is -0.478 e. The first-order chi connectivity index (χ1) is 15.2. The number of rotatable bonds is 5. The van der Waals surface area contributed by atoms with Gasteiger partial charge in [0.05, 0.1) is 11.8 Å². The third kappa shape index (κ3) is 4.02. The smallest absolute Gasteiger partial charge is 0.335 e. The van der Waals surface area contributed by atoms with E-state index in [0.717, 1.165) is 33.6 Å². The van der Waals surface area contributed by atoms with E-state index in [1.54, 1.807) is 48.7 Å². The fraction of sp³-hybridized carbons (Fsp3) is 0.125. The SMILES string of the molecule is Cc1cc(C(=O)O)ccc1-n1c(C)cc(/C=N/NC(=O)c2cc3cc(Cl)ccc3o2)c1C. The van der Waals surface area contributed by atoms with Crippen LogP contribution in [0.25, 0.3) is 16.7 Å². The van der Waals surface area contributed by atoms with E-state index < -0.39 is 11.9 Å². The number of aryl methyl sites for hydroxylation is 2. The third-order valence-corrected chi connectivity index (χ3v) is 5.46. The van der Waals surface area contributed by atoms with Gasteiger partial charge in [0.2, 0.25) is 0 Å². The highest BCUT2D eigenvalue weighted by Gasteiger charge is 2.14. The number of fused-ring (bicyclic) bond motifs is 1. The highest BCUT2D eigenvalue weighted by atomic mass is 35.5. The molecule has 0 saturated heterocycles. The van der Waals surface area contributed by atoms with Crippen molar-refractivity contribution < 1.29 is 19.1 Å². The topological polar surface area (TPSA) is 96.8 Å². The molecular formula is C24H20ClN3O4. The number of amides is 1. The summed E-state index contributed by atoms with van der Waals surface area (Å²) in [4.78, 5) is 23.6. The van der Waals surface area contributed by atoms with E-state index in [4.69, 9.17) is 16.0 Å². The molecule has 0 atom stereocenters. The summed E-state index contributed by atoms with van der Waals surface area (Å²) in [5.41, 5.74) is 7.69. The van der Waals surface area contributed by atoms with Crippen LogP contribution in [0.2, 0.25) is 5.02 Å². The van der Waals surface area contributed by atoms with Gasteiger partial charge in [-0.25, -0.2) is 10.2 Å². The number of carbonyl (C=O) groups excluding carboxylic acids is 1. The minimum absolute atomic E-state index is 0.138. The van der Waals surface area contributed by atoms with Crippen LogP contribution in [0.4, 0.5) is 0 Å². The van der Waals surface area contributed by atoms with Gasteiger partial charge in [-0.2, -0.15) is 5.10 Å². The quantitative estimate of drug-likeness (QED) is 0.320. The van der Waals surface area contributed by atoms with E-state index in [1.807, 2.05) is 31.4 Å². The maximum atomic E-state index is 12.4. The van der Waals surface area contributed by atoms with Crippen LogP contribution in [0.3, 0.4) is 0 Å². The maximum absolute atomic E-state index is 12.4. The number of aromatic carboxylic acids is 1. The molecule has 162 valence electrons. The zero-order valence-electron chi connectivity index (χ0n) is 17.6. The summed E-state index contributed by atoms with van der Waals surface area (Å²) in [7, 11) is 0. The summed E-state index contributed by atoms with van der Waals surface area (Å²) >= 11 is 5.97. The average molecular weight is 450 g/mol. The molecule has 2 heterocycles. The molecule has 0 spiro atoms. The second kappa shape index (κ2) is 8.36. The Morgan fingerprint density at radius 3 is 2.59 bits per heavy atom. The van der Waals surface area contributed by atoms with Crippen molar-refractivity contribution in [1.82, 2.24) is 9.99 Å². The zero-order valence-corrected chi connectivity index (χ0v) is 18.4. The third-order valence-electron chi connectivity index (χ3n) is 5.23. The number of benzene rings is 2. The molecule has 0 aliphatic heterocycles. The monoisotopic (exact) mass is 449 g/mol. The van der Waals surface area contributed by atoms with Crippen LogP contribution in [0.1, 0.15) is 43.4 Å². The number of hydrogen-bond acceptors (Lipinski definition) is 4. The van der Waals surface area contributed by atoms with Gasteiger partial charge >= 0.3 is 11.9 Å². The summed E-state index contributed by atoms with van der Waals surface area (Å²) in [6.07, 6.45) is 1.57. The molecule has 4 rings (SSSR count). The molecule has 2 aromatic heterocycles. The van der Waals surface area contributed by atoms with Gasteiger partial charge in [0.15, 0.2) is 5.76 Å². The molecule has 4 aromatic rings. The van der Waals surface area contributed by atoms with Gasteiger partial charge in [-0.3, -0.25) is 4.79 Å². The van der Waals surface area contributed by atoms with Crippen molar-refractivity contribution in [3.05, 3.63) is 87.4 Å². The molecule has 2 aromatic carbocycles.